The summed E-state index contributed by atoms with van der Waals surface area (Å²) in [5.74, 6) is -1.39. The van der Waals surface area contributed by atoms with Crippen molar-refractivity contribution in [2.75, 3.05) is 11.9 Å². The fourth-order valence-electron chi connectivity index (χ4n) is 1.99. The molecular weight excluding hydrogens is 386 g/mol. The monoisotopic (exact) mass is 413 g/mol. The fourth-order valence-corrected chi connectivity index (χ4v) is 3.19. The third-order valence-electron chi connectivity index (χ3n) is 3.90. The number of rotatable bonds is 9. The Labute approximate surface area is 165 Å². The SMILES string of the molecule is CC(=O)Nc1ccc(S(=O)(=O)N[C@@H](C)C(=O)OCC(=O)N[C@@H](C)C(C)C)cc1. The minimum absolute atomic E-state index is 0.0789. The number of amides is 2. The number of benzene rings is 1. The van der Waals surface area contributed by atoms with Crippen molar-refractivity contribution in [3.8, 4) is 0 Å². The van der Waals surface area contributed by atoms with Crippen molar-refractivity contribution in [1.29, 1.82) is 0 Å². The van der Waals surface area contributed by atoms with E-state index in [2.05, 4.69) is 15.4 Å². The second-order valence-corrected chi connectivity index (χ2v) is 8.47. The van der Waals surface area contributed by atoms with Gasteiger partial charge in [-0.2, -0.15) is 4.72 Å². The van der Waals surface area contributed by atoms with Crippen molar-refractivity contribution in [3.05, 3.63) is 24.3 Å². The number of hydrogen-bond acceptors (Lipinski definition) is 6. The van der Waals surface area contributed by atoms with Gasteiger partial charge in [0.1, 0.15) is 6.04 Å². The molecule has 2 atom stereocenters. The van der Waals surface area contributed by atoms with E-state index in [1.165, 1.54) is 38.1 Å². The van der Waals surface area contributed by atoms with E-state index in [1.54, 1.807) is 0 Å². The molecule has 1 rings (SSSR count). The number of nitrogens with one attached hydrogen (secondary N) is 3. The highest BCUT2D eigenvalue weighted by molar-refractivity contribution is 7.89. The van der Waals surface area contributed by atoms with Crippen LogP contribution < -0.4 is 15.4 Å². The highest BCUT2D eigenvalue weighted by Gasteiger charge is 2.24. The Kier molecular flexibility index (Phi) is 8.58. The lowest BCUT2D eigenvalue weighted by Crippen LogP contribution is -2.42. The van der Waals surface area contributed by atoms with Gasteiger partial charge < -0.3 is 15.4 Å². The molecule has 0 saturated carbocycles. The zero-order valence-corrected chi connectivity index (χ0v) is 17.4. The third kappa shape index (κ3) is 7.65. The molecule has 2 amide bonds. The first kappa shape index (κ1) is 23.6. The Morgan fingerprint density at radius 2 is 1.61 bits per heavy atom. The maximum absolute atomic E-state index is 12.4. The molecule has 3 N–H and O–H groups in total. The van der Waals surface area contributed by atoms with Gasteiger partial charge in [-0.05, 0) is 44.0 Å². The van der Waals surface area contributed by atoms with Crippen LogP contribution >= 0.6 is 0 Å². The highest BCUT2D eigenvalue weighted by atomic mass is 32.2. The normalized spacial score (nSPS) is 13.5. The Morgan fingerprint density at radius 1 is 1.04 bits per heavy atom. The molecule has 0 aliphatic carbocycles. The summed E-state index contributed by atoms with van der Waals surface area (Å²) < 4.78 is 31.8. The van der Waals surface area contributed by atoms with E-state index in [0.717, 1.165) is 0 Å². The molecule has 0 aromatic heterocycles. The number of anilines is 1. The van der Waals surface area contributed by atoms with Gasteiger partial charge in [0, 0.05) is 18.7 Å². The van der Waals surface area contributed by atoms with Crippen LogP contribution in [0.3, 0.4) is 0 Å². The molecule has 156 valence electrons. The van der Waals surface area contributed by atoms with E-state index in [0.29, 0.717) is 5.69 Å². The zero-order chi connectivity index (χ0) is 21.5. The van der Waals surface area contributed by atoms with Crippen LogP contribution in [0.5, 0.6) is 0 Å². The predicted molar refractivity (Wildman–Crippen MR) is 104 cm³/mol. The molecule has 0 fully saturated rings. The van der Waals surface area contributed by atoms with E-state index in [-0.39, 0.29) is 22.8 Å². The summed E-state index contributed by atoms with van der Waals surface area (Å²) >= 11 is 0. The van der Waals surface area contributed by atoms with Gasteiger partial charge in [0.2, 0.25) is 15.9 Å². The summed E-state index contributed by atoms with van der Waals surface area (Å²) in [5, 5.41) is 5.21. The van der Waals surface area contributed by atoms with Gasteiger partial charge in [0.15, 0.2) is 6.61 Å². The second kappa shape index (κ2) is 10.2. The predicted octanol–water partition coefficient (Wildman–Crippen LogP) is 1.02. The molecule has 1 aromatic carbocycles. The molecule has 0 unspecified atom stereocenters. The maximum Gasteiger partial charge on any atom is 0.324 e. The number of esters is 1. The molecule has 0 aliphatic rings. The van der Waals surface area contributed by atoms with Crippen molar-refractivity contribution in [1.82, 2.24) is 10.0 Å². The number of carbonyl (C=O) groups is 3. The van der Waals surface area contributed by atoms with Crippen molar-refractivity contribution in [3.63, 3.8) is 0 Å². The summed E-state index contributed by atoms with van der Waals surface area (Å²) in [6.07, 6.45) is 0. The van der Waals surface area contributed by atoms with Crippen LogP contribution in [0.1, 0.15) is 34.6 Å². The molecule has 0 spiro atoms. The minimum Gasteiger partial charge on any atom is -0.454 e. The first-order chi connectivity index (χ1) is 12.9. The summed E-state index contributed by atoms with van der Waals surface area (Å²) in [5.41, 5.74) is 0.445. The Bertz CT molecular complexity index is 805. The van der Waals surface area contributed by atoms with Gasteiger partial charge >= 0.3 is 5.97 Å². The van der Waals surface area contributed by atoms with Gasteiger partial charge in [0.25, 0.3) is 5.91 Å². The smallest absolute Gasteiger partial charge is 0.324 e. The lowest BCUT2D eigenvalue weighted by molar-refractivity contribution is -0.150. The van der Waals surface area contributed by atoms with E-state index < -0.39 is 34.5 Å². The zero-order valence-electron chi connectivity index (χ0n) is 16.6. The lowest BCUT2D eigenvalue weighted by atomic mass is 10.1. The summed E-state index contributed by atoms with van der Waals surface area (Å²) in [4.78, 5) is 34.6. The quantitative estimate of drug-likeness (QED) is 0.518. The van der Waals surface area contributed by atoms with Gasteiger partial charge in [-0.1, -0.05) is 13.8 Å². The van der Waals surface area contributed by atoms with Gasteiger partial charge in [-0.3, -0.25) is 14.4 Å². The first-order valence-electron chi connectivity index (χ1n) is 8.78. The van der Waals surface area contributed by atoms with Crippen molar-refractivity contribution in [2.45, 2.75) is 51.6 Å². The van der Waals surface area contributed by atoms with Crippen molar-refractivity contribution in [2.24, 2.45) is 5.92 Å². The fraction of sp³-hybridized carbons (Fsp3) is 0.500. The van der Waals surface area contributed by atoms with Crippen LogP contribution in [0.15, 0.2) is 29.2 Å². The average molecular weight is 413 g/mol. The highest BCUT2D eigenvalue weighted by Crippen LogP contribution is 2.14. The standard InChI is InChI=1S/C18H27N3O6S/c1-11(2)12(3)19-17(23)10-27-18(24)13(4)21-28(25,26)16-8-6-15(7-9-16)20-14(5)22/h6-9,11-13,21H,10H2,1-5H3,(H,19,23)(H,20,22)/t12-,13-/m0/s1. The molecule has 28 heavy (non-hydrogen) atoms. The van der Waals surface area contributed by atoms with Gasteiger partial charge in [0.05, 0.1) is 4.90 Å². The number of ether oxygens (including phenoxy) is 1. The lowest BCUT2D eigenvalue weighted by Gasteiger charge is -2.18. The molecule has 0 radical (unpaired) electrons. The van der Waals surface area contributed by atoms with Crippen LogP contribution in [0, 0.1) is 5.92 Å². The molecule has 0 bridgehead atoms. The van der Waals surface area contributed by atoms with Crippen LogP contribution in [-0.2, 0) is 29.1 Å². The maximum atomic E-state index is 12.4. The number of sulfonamides is 1. The molecule has 0 heterocycles. The van der Waals surface area contributed by atoms with Crippen molar-refractivity contribution >= 4 is 33.5 Å². The minimum atomic E-state index is -3.98. The van der Waals surface area contributed by atoms with E-state index in [1.807, 2.05) is 20.8 Å². The molecule has 10 heteroatoms. The van der Waals surface area contributed by atoms with Crippen molar-refractivity contribution < 1.29 is 27.5 Å². The Morgan fingerprint density at radius 3 is 2.11 bits per heavy atom. The van der Waals surface area contributed by atoms with Crippen LogP contribution in [0.2, 0.25) is 0 Å². The first-order valence-corrected chi connectivity index (χ1v) is 10.3. The van der Waals surface area contributed by atoms with E-state index in [4.69, 9.17) is 4.74 Å². The van der Waals surface area contributed by atoms with Gasteiger partial charge in [-0.15, -0.1) is 0 Å². The average Bonchev–Trinajstić information content (AvgIpc) is 2.59. The Hall–Kier alpha value is -2.46. The molecule has 9 nitrogen and oxygen atoms in total. The molecule has 0 saturated heterocycles. The van der Waals surface area contributed by atoms with Crippen LogP contribution in [0.4, 0.5) is 5.69 Å². The summed E-state index contributed by atoms with van der Waals surface area (Å²) in [6, 6.07) is 4.19. The molecular formula is C18H27N3O6S. The van der Waals surface area contributed by atoms with Crippen LogP contribution in [0.25, 0.3) is 0 Å². The number of hydrogen-bond donors (Lipinski definition) is 3. The second-order valence-electron chi connectivity index (χ2n) is 6.76. The van der Waals surface area contributed by atoms with Gasteiger partial charge in [-0.25, -0.2) is 8.42 Å². The van der Waals surface area contributed by atoms with E-state index >= 15 is 0 Å². The van der Waals surface area contributed by atoms with E-state index in [9.17, 15) is 22.8 Å². The topological polar surface area (TPSA) is 131 Å². The molecule has 0 aliphatic heterocycles. The summed E-state index contributed by atoms with van der Waals surface area (Å²) in [7, 11) is -3.98. The largest absolute Gasteiger partial charge is 0.454 e. The summed E-state index contributed by atoms with van der Waals surface area (Å²) in [6.45, 7) is 7.88. The molecule has 1 aromatic rings. The van der Waals surface area contributed by atoms with Crippen LogP contribution in [-0.4, -0.2) is 44.9 Å². The number of carbonyl (C=O) groups excluding carboxylic acids is 3. The third-order valence-corrected chi connectivity index (χ3v) is 5.46. The Balaban J connectivity index is 2.62.